The van der Waals surface area contributed by atoms with E-state index in [1.54, 1.807) is 13.0 Å². The van der Waals surface area contributed by atoms with Crippen molar-refractivity contribution in [1.82, 2.24) is 10.2 Å². The molecule has 2 aromatic rings. The summed E-state index contributed by atoms with van der Waals surface area (Å²) in [5.74, 6) is -4.19. The van der Waals surface area contributed by atoms with Crippen LogP contribution < -0.4 is 10.6 Å². The number of anilines is 1. The minimum absolute atomic E-state index is 0.00407. The molecule has 66 heavy (non-hydrogen) atoms. The van der Waals surface area contributed by atoms with Crippen LogP contribution in [0, 0.1) is 22.7 Å². The summed E-state index contributed by atoms with van der Waals surface area (Å²) in [6.45, 7) is 3.57. The van der Waals surface area contributed by atoms with Gasteiger partial charge in [-0.05, 0) is 79.5 Å². The fraction of sp³-hybridized carbons (Fsp3) is 0.510. The minimum Gasteiger partial charge on any atom is -0.390 e. The molecule has 1 unspecified atom stereocenters. The predicted molar refractivity (Wildman–Crippen MR) is 232 cm³/mol. The van der Waals surface area contributed by atoms with Crippen LogP contribution in [-0.4, -0.2) is 126 Å². The van der Waals surface area contributed by atoms with Crippen molar-refractivity contribution in [3.05, 3.63) is 101 Å². The van der Waals surface area contributed by atoms with E-state index in [1.807, 2.05) is 42.5 Å². The quantitative estimate of drug-likeness (QED) is 0.125. The molecule has 2 aromatic carbocycles. The molecule has 0 spiro atoms. The van der Waals surface area contributed by atoms with Crippen LogP contribution in [-0.2, 0) is 54.1 Å². The molecule has 2 heterocycles. The predicted octanol–water partition coefficient (Wildman–Crippen LogP) is 3.71. The topological polar surface area (TPSA) is 207 Å². The number of carbonyl (C=O) groups excluding carboxylic acids is 6. The number of nitrogens with zero attached hydrogens (tertiary/aromatic N) is 1. The first-order valence-electron chi connectivity index (χ1n) is 22.4. The van der Waals surface area contributed by atoms with Crippen molar-refractivity contribution in [3.63, 3.8) is 0 Å². The summed E-state index contributed by atoms with van der Waals surface area (Å²) in [5, 5.41) is 27.6. The summed E-state index contributed by atoms with van der Waals surface area (Å²) in [5.41, 5.74) is -3.79. The van der Waals surface area contributed by atoms with E-state index < -0.39 is 88.6 Å². The van der Waals surface area contributed by atoms with Gasteiger partial charge < -0.3 is 39.8 Å². The van der Waals surface area contributed by atoms with E-state index in [1.165, 1.54) is 31.2 Å². The first-order chi connectivity index (χ1) is 31.5. The van der Waals surface area contributed by atoms with Gasteiger partial charge in [0.05, 0.1) is 45.1 Å². The largest absolute Gasteiger partial charge is 0.390 e. The zero-order chi connectivity index (χ0) is 47.0. The first-order valence-corrected chi connectivity index (χ1v) is 22.4. The average Bonchev–Trinajstić information content (AvgIpc) is 3.92. The zero-order valence-corrected chi connectivity index (χ0v) is 36.8. The molecular formula is C49H55F2N3O12. The van der Waals surface area contributed by atoms with E-state index in [9.17, 15) is 39.0 Å². The van der Waals surface area contributed by atoms with E-state index in [0.717, 1.165) is 22.1 Å². The minimum atomic E-state index is -2.34. The van der Waals surface area contributed by atoms with Crippen molar-refractivity contribution in [1.29, 1.82) is 0 Å². The summed E-state index contributed by atoms with van der Waals surface area (Å²) in [7, 11) is 0. The van der Waals surface area contributed by atoms with E-state index in [-0.39, 0.29) is 89.0 Å². The normalized spacial score (nSPS) is 33.0. The third-order valence-electron chi connectivity index (χ3n) is 14.7. The number of aliphatic hydroxyl groups is 2. The smallest absolute Gasteiger partial charge is 0.253 e. The van der Waals surface area contributed by atoms with Crippen LogP contribution in [0.1, 0.15) is 68.9 Å². The van der Waals surface area contributed by atoms with E-state index in [0.29, 0.717) is 17.7 Å². The molecule has 8 rings (SSSR count). The third kappa shape index (κ3) is 8.38. The fourth-order valence-corrected chi connectivity index (χ4v) is 11.4. The number of imide groups is 1. The van der Waals surface area contributed by atoms with Crippen molar-refractivity contribution in [3.8, 4) is 0 Å². The van der Waals surface area contributed by atoms with Gasteiger partial charge in [-0.3, -0.25) is 33.7 Å². The van der Waals surface area contributed by atoms with Crippen LogP contribution in [0.5, 0.6) is 0 Å². The Labute approximate surface area is 380 Å². The highest BCUT2D eigenvalue weighted by atomic mass is 19.1. The maximum atomic E-state index is 17.7. The number of Topliss-reactive ketones (excluding diaryl/α,β-unsaturated/α-hetero) is 1. The van der Waals surface area contributed by atoms with Gasteiger partial charge in [0.1, 0.15) is 12.8 Å². The highest BCUT2D eigenvalue weighted by Crippen LogP contribution is 2.72. The maximum absolute atomic E-state index is 17.7. The molecule has 2 aliphatic heterocycles. The Kier molecular flexibility index (Phi) is 13.4. The molecule has 0 aromatic heterocycles. The number of aliphatic hydroxyl groups excluding tert-OH is 2. The molecule has 4 fully saturated rings. The lowest BCUT2D eigenvalue weighted by Crippen LogP contribution is -2.70. The molecule has 0 radical (unpaired) electrons. The van der Waals surface area contributed by atoms with Crippen molar-refractivity contribution >= 4 is 40.9 Å². The summed E-state index contributed by atoms with van der Waals surface area (Å²) in [4.78, 5) is 74.9. The highest BCUT2D eigenvalue weighted by molar-refractivity contribution is 6.13. The molecule has 4 amide bonds. The lowest BCUT2D eigenvalue weighted by atomic mass is 9.44. The molecule has 4 aliphatic carbocycles. The van der Waals surface area contributed by atoms with Gasteiger partial charge >= 0.3 is 0 Å². The Morgan fingerprint density at radius 1 is 0.894 bits per heavy atom. The second-order valence-electron chi connectivity index (χ2n) is 18.4. The number of benzene rings is 2. The molecule has 4 N–H and O–H groups in total. The van der Waals surface area contributed by atoms with Crippen molar-refractivity contribution < 1.29 is 66.7 Å². The lowest BCUT2D eigenvalue weighted by molar-refractivity contribution is -0.235. The number of rotatable bonds is 18. The molecule has 10 atom stereocenters. The molecule has 17 heteroatoms. The van der Waals surface area contributed by atoms with Crippen molar-refractivity contribution in [2.75, 3.05) is 51.4 Å². The lowest BCUT2D eigenvalue weighted by Gasteiger charge is -2.63. The molecule has 1 saturated heterocycles. The van der Waals surface area contributed by atoms with Crippen LogP contribution >= 0.6 is 0 Å². The Morgan fingerprint density at radius 3 is 2.35 bits per heavy atom. The van der Waals surface area contributed by atoms with Gasteiger partial charge in [-0.2, -0.15) is 0 Å². The van der Waals surface area contributed by atoms with Gasteiger partial charge in [-0.25, -0.2) is 8.78 Å². The molecule has 3 saturated carbocycles. The van der Waals surface area contributed by atoms with Gasteiger partial charge in [0.25, 0.3) is 11.8 Å². The van der Waals surface area contributed by atoms with Crippen LogP contribution in [0.4, 0.5) is 14.5 Å². The van der Waals surface area contributed by atoms with Crippen molar-refractivity contribution in [2.45, 2.75) is 88.3 Å². The average molecular weight is 916 g/mol. The number of alkyl halides is 2. The Morgan fingerprint density at radius 2 is 1.62 bits per heavy atom. The molecule has 352 valence electrons. The second kappa shape index (κ2) is 18.8. The van der Waals surface area contributed by atoms with Crippen molar-refractivity contribution in [2.24, 2.45) is 22.7 Å². The van der Waals surface area contributed by atoms with Crippen LogP contribution in [0.2, 0.25) is 0 Å². The Hall–Kier alpha value is -5.30. The number of halogens is 2. The molecular weight excluding hydrogens is 861 g/mol. The molecule has 6 aliphatic rings. The van der Waals surface area contributed by atoms with Crippen LogP contribution in [0.25, 0.3) is 0 Å². The number of ketones is 2. The monoisotopic (exact) mass is 915 g/mol. The van der Waals surface area contributed by atoms with Crippen LogP contribution in [0.3, 0.4) is 0 Å². The summed E-state index contributed by atoms with van der Waals surface area (Å²) in [6, 6.07) is 14.9. The summed E-state index contributed by atoms with van der Waals surface area (Å²) < 4.78 is 57.7. The first kappa shape index (κ1) is 47.2. The fourth-order valence-electron chi connectivity index (χ4n) is 11.4. The number of hydrogen-bond acceptors (Lipinski definition) is 12. The standard InChI is InChI=1S/C49H55F2N3O12/c1-46-15-12-33(56)24-36(46)37(50)25-35-34-26-40-49(39(58)28-55,47(34,2)27-38(57)48(35,46)51)66-45(65-40)31-8-6-29(7-9-31)22-30-4-3-5-32(23-30)53-42(60)14-18-63-20-21-64-19-16-52-41(59)13-17-54-43(61)10-11-44(54)62/h3-12,15,23-24,34-35,37-38,40,45,55,57H,13-14,16-22,25-28H2,1-2H3,(H,52,59)(H,53,60)/t34-,35-,37-,38-,40+,45?,46-,47-,48-,49+/m0/s1. The third-order valence-corrected chi connectivity index (χ3v) is 14.7. The Balaban J connectivity index is 0.801. The summed E-state index contributed by atoms with van der Waals surface area (Å²) >= 11 is 0. The highest BCUT2D eigenvalue weighted by Gasteiger charge is 2.80. The summed E-state index contributed by atoms with van der Waals surface area (Å²) in [6.07, 6.45) is 1.12. The molecule has 15 nitrogen and oxygen atoms in total. The number of hydrogen-bond donors (Lipinski definition) is 4. The number of carbonyl (C=O) groups is 6. The number of amides is 4. The SMILES string of the molecule is C[C@]12C=CC(=O)C=C1[C@@H](F)C[C@H]1[C@@H]3C[C@H]4OC(c5ccc(Cc6cccc(NC(=O)CCOCCOCCNC(=O)CCN7C(=O)C=CC7=O)c6)cc5)O[C@@]4(C(=O)CO)[C@@]3(C)C[C@H](O)[C@@]12F. The second-order valence-corrected chi connectivity index (χ2v) is 18.4. The van der Waals surface area contributed by atoms with E-state index >= 15 is 8.78 Å². The van der Waals surface area contributed by atoms with Gasteiger partial charge in [0.15, 0.2) is 29.1 Å². The zero-order valence-electron chi connectivity index (χ0n) is 36.8. The van der Waals surface area contributed by atoms with E-state index in [2.05, 4.69) is 10.6 Å². The number of fused-ring (bicyclic) bond motifs is 7. The number of allylic oxidation sites excluding steroid dienone is 4. The van der Waals surface area contributed by atoms with E-state index in [4.69, 9.17) is 18.9 Å². The maximum Gasteiger partial charge on any atom is 0.253 e. The van der Waals surface area contributed by atoms with Crippen LogP contribution in [0.15, 0.2) is 84.5 Å². The number of ether oxygens (including phenoxy) is 4. The molecule has 0 bridgehead atoms. The Bertz CT molecular complexity index is 2340. The van der Waals surface area contributed by atoms with Gasteiger partial charge in [0.2, 0.25) is 11.8 Å². The number of nitrogens with one attached hydrogen (secondary N) is 2. The van der Waals surface area contributed by atoms with Gasteiger partial charge in [-0.1, -0.05) is 49.4 Å². The van der Waals surface area contributed by atoms with Gasteiger partial charge in [-0.15, -0.1) is 0 Å². The van der Waals surface area contributed by atoms with Gasteiger partial charge in [0, 0.05) is 59.7 Å².